The van der Waals surface area contributed by atoms with E-state index in [-0.39, 0.29) is 0 Å². The van der Waals surface area contributed by atoms with E-state index in [1.165, 1.54) is 24.8 Å². The Morgan fingerprint density at radius 1 is 1.50 bits per heavy atom. The molecule has 70 valence electrons. The van der Waals surface area contributed by atoms with Gasteiger partial charge >= 0.3 is 0 Å². The minimum Gasteiger partial charge on any atom is -0.396 e. The van der Waals surface area contributed by atoms with Gasteiger partial charge in [0.2, 0.25) is 0 Å². The van der Waals surface area contributed by atoms with Gasteiger partial charge in [-0.05, 0) is 37.5 Å². The van der Waals surface area contributed by atoms with Gasteiger partial charge < -0.3 is 5.11 Å². The van der Waals surface area contributed by atoms with E-state index in [9.17, 15) is 5.11 Å². The predicted molar refractivity (Wildman–Crippen MR) is 51.9 cm³/mol. The molecule has 0 saturated heterocycles. The van der Waals surface area contributed by atoms with Gasteiger partial charge in [-0.25, -0.2) is 0 Å². The molecule has 1 nitrogen and oxygen atoms in total. The van der Waals surface area contributed by atoms with Gasteiger partial charge in [-0.1, -0.05) is 25.5 Å². The molecule has 1 unspecified atom stereocenters. The van der Waals surface area contributed by atoms with Crippen molar-refractivity contribution in [3.63, 3.8) is 0 Å². The molecule has 12 heavy (non-hydrogen) atoms. The lowest BCUT2D eigenvalue weighted by Crippen LogP contribution is -2.27. The number of aliphatic hydroxyl groups is 1. The van der Waals surface area contributed by atoms with Crippen LogP contribution in [0, 0.1) is 17.8 Å². The minimum atomic E-state index is 0.335. The highest BCUT2D eigenvalue weighted by atomic mass is 16.3. The van der Waals surface area contributed by atoms with Crippen LogP contribution in [0.4, 0.5) is 0 Å². The minimum absolute atomic E-state index is 0.335. The molecule has 1 saturated carbocycles. The topological polar surface area (TPSA) is 20.2 Å². The summed E-state index contributed by atoms with van der Waals surface area (Å²) in [5, 5.41) is 9.19. The third-order valence-electron chi connectivity index (χ3n) is 3.11. The normalized spacial score (nSPS) is 36.4. The van der Waals surface area contributed by atoms with E-state index < -0.39 is 0 Å². The maximum Gasteiger partial charge on any atom is 0.0465 e. The zero-order valence-corrected chi connectivity index (χ0v) is 8.21. The second kappa shape index (κ2) is 4.08. The van der Waals surface area contributed by atoms with E-state index in [1.54, 1.807) is 0 Å². The number of aliphatic hydroxyl groups excluding tert-OH is 1. The van der Waals surface area contributed by atoms with Crippen molar-refractivity contribution in [2.75, 3.05) is 6.61 Å². The van der Waals surface area contributed by atoms with Gasteiger partial charge in [-0.15, -0.1) is 0 Å². The Labute approximate surface area is 75.5 Å². The van der Waals surface area contributed by atoms with E-state index in [0.29, 0.717) is 18.4 Å². The summed E-state index contributed by atoms with van der Waals surface area (Å²) in [4.78, 5) is 0. The van der Waals surface area contributed by atoms with Gasteiger partial charge in [0.1, 0.15) is 0 Å². The summed E-state index contributed by atoms with van der Waals surface area (Å²) in [5.74, 6) is 1.84. The highest BCUT2D eigenvalue weighted by Crippen LogP contribution is 2.36. The first-order valence-corrected chi connectivity index (χ1v) is 4.91. The van der Waals surface area contributed by atoms with Crippen molar-refractivity contribution in [1.29, 1.82) is 0 Å². The summed E-state index contributed by atoms with van der Waals surface area (Å²) in [7, 11) is 0. The maximum atomic E-state index is 9.19. The first kappa shape index (κ1) is 9.79. The van der Waals surface area contributed by atoms with Gasteiger partial charge in [0.05, 0.1) is 0 Å². The average molecular weight is 168 g/mol. The lowest BCUT2D eigenvalue weighted by Gasteiger charge is -2.34. The Hall–Kier alpha value is -0.300. The van der Waals surface area contributed by atoms with Crippen LogP contribution in [0.25, 0.3) is 0 Å². The lowest BCUT2D eigenvalue weighted by molar-refractivity contribution is 0.127. The van der Waals surface area contributed by atoms with Crippen LogP contribution < -0.4 is 0 Å². The average Bonchev–Trinajstić information content (AvgIpc) is 2.03. The summed E-state index contributed by atoms with van der Waals surface area (Å²) in [6.07, 6.45) is 3.70. The summed E-state index contributed by atoms with van der Waals surface area (Å²) in [5.41, 5.74) is 1.25. The predicted octanol–water partition coefficient (Wildman–Crippen LogP) is 2.61. The molecule has 1 fully saturated rings. The van der Waals surface area contributed by atoms with Crippen molar-refractivity contribution in [1.82, 2.24) is 0 Å². The molecule has 1 heteroatoms. The Balaban J connectivity index is 2.56. The molecule has 0 radical (unpaired) electrons. The highest BCUT2D eigenvalue weighted by Gasteiger charge is 2.28. The molecule has 0 heterocycles. The lowest BCUT2D eigenvalue weighted by atomic mass is 9.72. The summed E-state index contributed by atoms with van der Waals surface area (Å²) in [6, 6.07) is 0. The molecule has 0 aromatic rings. The van der Waals surface area contributed by atoms with E-state index in [2.05, 4.69) is 20.4 Å². The van der Waals surface area contributed by atoms with Crippen LogP contribution in [0.15, 0.2) is 12.2 Å². The van der Waals surface area contributed by atoms with Crippen LogP contribution in [-0.2, 0) is 0 Å². The third-order valence-corrected chi connectivity index (χ3v) is 3.11. The summed E-state index contributed by atoms with van der Waals surface area (Å²) >= 11 is 0. The Morgan fingerprint density at radius 3 is 2.67 bits per heavy atom. The van der Waals surface area contributed by atoms with E-state index in [4.69, 9.17) is 0 Å². The molecular formula is C11H20O. The van der Waals surface area contributed by atoms with Gasteiger partial charge in [0.25, 0.3) is 0 Å². The van der Waals surface area contributed by atoms with Crippen LogP contribution >= 0.6 is 0 Å². The second-order valence-corrected chi connectivity index (χ2v) is 4.31. The number of hydrogen-bond donors (Lipinski definition) is 1. The quantitative estimate of drug-likeness (QED) is 0.628. The van der Waals surface area contributed by atoms with Crippen LogP contribution in [-0.4, -0.2) is 11.7 Å². The molecule has 1 rings (SSSR count). The molecule has 0 aromatic heterocycles. The van der Waals surface area contributed by atoms with Crippen molar-refractivity contribution in [2.24, 2.45) is 17.8 Å². The van der Waals surface area contributed by atoms with Crippen molar-refractivity contribution in [3.8, 4) is 0 Å². The summed E-state index contributed by atoms with van der Waals surface area (Å²) < 4.78 is 0. The zero-order valence-electron chi connectivity index (χ0n) is 8.21. The fraction of sp³-hybridized carbons (Fsp3) is 0.818. The van der Waals surface area contributed by atoms with Gasteiger partial charge in [0, 0.05) is 6.61 Å². The van der Waals surface area contributed by atoms with Crippen molar-refractivity contribution in [3.05, 3.63) is 12.2 Å². The van der Waals surface area contributed by atoms with Gasteiger partial charge in [-0.3, -0.25) is 0 Å². The molecule has 0 amide bonds. The number of allylic oxidation sites excluding steroid dienone is 1. The maximum absolute atomic E-state index is 9.19. The first-order valence-electron chi connectivity index (χ1n) is 4.91. The van der Waals surface area contributed by atoms with Gasteiger partial charge in [-0.2, -0.15) is 0 Å². The Kier molecular flexibility index (Phi) is 3.33. The van der Waals surface area contributed by atoms with Crippen molar-refractivity contribution >= 4 is 0 Å². The fourth-order valence-corrected chi connectivity index (χ4v) is 2.35. The van der Waals surface area contributed by atoms with Gasteiger partial charge in [0.15, 0.2) is 0 Å². The summed E-state index contributed by atoms with van der Waals surface area (Å²) in [6.45, 7) is 8.69. The molecule has 0 spiro atoms. The molecule has 1 aliphatic carbocycles. The second-order valence-electron chi connectivity index (χ2n) is 4.31. The number of rotatable bonds is 2. The molecule has 3 atom stereocenters. The third kappa shape index (κ3) is 2.10. The Bertz CT molecular complexity index is 162. The molecule has 0 aromatic carbocycles. The molecular weight excluding hydrogens is 148 g/mol. The van der Waals surface area contributed by atoms with Crippen LogP contribution in [0.2, 0.25) is 0 Å². The Morgan fingerprint density at radius 2 is 2.17 bits per heavy atom. The SMILES string of the molecule is C=C(C)[C@H]1CC[C@@H](C)CC1CO. The number of hydrogen-bond acceptors (Lipinski definition) is 1. The largest absolute Gasteiger partial charge is 0.396 e. The molecule has 1 aliphatic rings. The van der Waals surface area contributed by atoms with Crippen LogP contribution in [0.5, 0.6) is 0 Å². The van der Waals surface area contributed by atoms with Crippen LogP contribution in [0.1, 0.15) is 33.1 Å². The van der Waals surface area contributed by atoms with Crippen molar-refractivity contribution in [2.45, 2.75) is 33.1 Å². The highest BCUT2D eigenvalue weighted by molar-refractivity contribution is 5.01. The zero-order chi connectivity index (χ0) is 9.14. The molecule has 1 N–H and O–H groups in total. The fourth-order valence-electron chi connectivity index (χ4n) is 2.35. The monoisotopic (exact) mass is 168 g/mol. The molecule has 0 bridgehead atoms. The van der Waals surface area contributed by atoms with E-state index >= 15 is 0 Å². The molecule has 0 aliphatic heterocycles. The standard InChI is InChI=1S/C11H20O/c1-8(2)11-5-4-9(3)6-10(11)7-12/h9-12H,1,4-7H2,2-3H3/t9-,10?,11-/m1/s1. The van der Waals surface area contributed by atoms with Crippen LogP contribution in [0.3, 0.4) is 0 Å². The van der Waals surface area contributed by atoms with E-state index in [0.717, 1.165) is 5.92 Å². The van der Waals surface area contributed by atoms with E-state index in [1.807, 2.05) is 0 Å². The smallest absolute Gasteiger partial charge is 0.0465 e. The first-order chi connectivity index (χ1) is 5.65. The van der Waals surface area contributed by atoms with Crippen molar-refractivity contribution < 1.29 is 5.11 Å².